The van der Waals surface area contributed by atoms with E-state index in [1.807, 2.05) is 16.8 Å². The lowest BCUT2D eigenvalue weighted by molar-refractivity contribution is 0.350. The Hall–Kier alpha value is -2.71. The van der Waals surface area contributed by atoms with E-state index in [1.165, 1.54) is 6.33 Å². The number of nitrogens with one attached hydrogen (secondary N) is 1. The fraction of sp³-hybridized carbons (Fsp3) is 0.316. The van der Waals surface area contributed by atoms with Gasteiger partial charge in [-0.15, -0.1) is 11.3 Å². The molecule has 0 saturated carbocycles. The molecule has 1 aromatic carbocycles. The number of aromatic nitrogens is 4. The molecule has 7 nitrogen and oxygen atoms in total. The summed E-state index contributed by atoms with van der Waals surface area (Å²) in [5.41, 5.74) is 7.92. The molecule has 8 heteroatoms. The zero-order valence-corrected chi connectivity index (χ0v) is 15.8. The van der Waals surface area contributed by atoms with Crippen LogP contribution in [-0.2, 0) is 0 Å². The highest BCUT2D eigenvalue weighted by molar-refractivity contribution is 7.22. The maximum Gasteiger partial charge on any atom is 0.164 e. The highest BCUT2D eigenvalue weighted by Crippen LogP contribution is 2.41. The first-order valence-electron chi connectivity index (χ1n) is 9.02. The van der Waals surface area contributed by atoms with Crippen LogP contribution in [0.15, 0.2) is 30.6 Å². The Kier molecular flexibility index (Phi) is 3.95. The molecule has 4 heterocycles. The van der Waals surface area contributed by atoms with Crippen LogP contribution >= 0.6 is 11.3 Å². The maximum absolute atomic E-state index is 6.25. The third-order valence-corrected chi connectivity index (χ3v) is 6.31. The number of hydrogen-bond donors (Lipinski definition) is 2. The van der Waals surface area contributed by atoms with E-state index in [0.717, 1.165) is 63.4 Å². The first kappa shape index (κ1) is 16.5. The summed E-state index contributed by atoms with van der Waals surface area (Å²) in [6.45, 7) is 1.98. The molecule has 3 N–H and O–H groups in total. The van der Waals surface area contributed by atoms with Gasteiger partial charge in [0.05, 0.1) is 28.1 Å². The zero-order valence-electron chi connectivity index (χ0n) is 15.0. The van der Waals surface area contributed by atoms with Crippen LogP contribution in [0.3, 0.4) is 0 Å². The summed E-state index contributed by atoms with van der Waals surface area (Å²) >= 11 is 1.66. The SMILES string of the molecule is COc1cccc2cc(-c3nn(C4CCNCC4)c4ncnc(N)c34)sc12. The van der Waals surface area contributed by atoms with Gasteiger partial charge in [0, 0.05) is 0 Å². The van der Waals surface area contributed by atoms with E-state index >= 15 is 0 Å². The number of benzene rings is 1. The molecule has 0 amide bonds. The van der Waals surface area contributed by atoms with Crippen LogP contribution in [0, 0.1) is 0 Å². The van der Waals surface area contributed by atoms with Crippen molar-refractivity contribution in [3.8, 4) is 16.3 Å². The van der Waals surface area contributed by atoms with Crippen molar-refractivity contribution < 1.29 is 4.74 Å². The number of nitrogens with zero attached hydrogens (tertiary/aromatic N) is 4. The topological polar surface area (TPSA) is 90.9 Å². The molecule has 1 fully saturated rings. The third-order valence-electron chi connectivity index (χ3n) is 5.13. The molecule has 0 atom stereocenters. The standard InChI is InChI=1S/C19H20N6OS/c1-26-13-4-2-3-11-9-14(27-17(11)13)16-15-18(20)22-10-23-19(15)25(24-16)12-5-7-21-8-6-12/h2-4,9-10,12,21H,5-8H2,1H3,(H2,20,22,23). The van der Waals surface area contributed by atoms with Crippen molar-refractivity contribution in [1.82, 2.24) is 25.1 Å². The summed E-state index contributed by atoms with van der Waals surface area (Å²) in [5, 5.41) is 10.3. The maximum atomic E-state index is 6.25. The predicted molar refractivity (Wildman–Crippen MR) is 108 cm³/mol. The number of methoxy groups -OCH3 is 1. The van der Waals surface area contributed by atoms with Gasteiger partial charge in [0.15, 0.2) is 5.65 Å². The fourth-order valence-corrected chi connectivity index (χ4v) is 4.93. The second-order valence-electron chi connectivity index (χ2n) is 6.72. The Balaban J connectivity index is 1.73. The molecule has 1 saturated heterocycles. The summed E-state index contributed by atoms with van der Waals surface area (Å²) in [6.07, 6.45) is 3.58. The average molecular weight is 380 g/mol. The van der Waals surface area contributed by atoms with Gasteiger partial charge < -0.3 is 15.8 Å². The largest absolute Gasteiger partial charge is 0.495 e. The highest BCUT2D eigenvalue weighted by atomic mass is 32.1. The van der Waals surface area contributed by atoms with Crippen molar-refractivity contribution >= 4 is 38.3 Å². The molecular formula is C19H20N6OS. The van der Waals surface area contributed by atoms with Crippen LogP contribution in [0.5, 0.6) is 5.75 Å². The molecule has 5 rings (SSSR count). The lowest BCUT2D eigenvalue weighted by Gasteiger charge is -2.23. The van der Waals surface area contributed by atoms with E-state index in [2.05, 4.69) is 27.4 Å². The molecular weight excluding hydrogens is 360 g/mol. The van der Waals surface area contributed by atoms with Gasteiger partial charge >= 0.3 is 0 Å². The quantitative estimate of drug-likeness (QED) is 0.567. The molecule has 138 valence electrons. The van der Waals surface area contributed by atoms with Crippen LogP contribution in [0.25, 0.3) is 31.7 Å². The van der Waals surface area contributed by atoms with Crippen LogP contribution in [0.1, 0.15) is 18.9 Å². The van der Waals surface area contributed by atoms with Crippen molar-refractivity contribution in [1.29, 1.82) is 0 Å². The van der Waals surface area contributed by atoms with Crippen molar-refractivity contribution in [2.24, 2.45) is 0 Å². The van der Waals surface area contributed by atoms with E-state index < -0.39 is 0 Å². The van der Waals surface area contributed by atoms with Crippen LogP contribution < -0.4 is 15.8 Å². The molecule has 27 heavy (non-hydrogen) atoms. The Labute approximate surface area is 160 Å². The molecule has 0 bridgehead atoms. The number of nitrogens with two attached hydrogens (primary N) is 1. The molecule has 1 aliphatic rings. The van der Waals surface area contributed by atoms with Crippen molar-refractivity contribution in [2.45, 2.75) is 18.9 Å². The van der Waals surface area contributed by atoms with Gasteiger partial charge in [-0.3, -0.25) is 0 Å². The second kappa shape index (κ2) is 6.47. The molecule has 0 aliphatic carbocycles. The molecule has 3 aromatic heterocycles. The van der Waals surface area contributed by atoms with Gasteiger partial charge in [0.25, 0.3) is 0 Å². The van der Waals surface area contributed by atoms with Crippen LogP contribution in [0.4, 0.5) is 5.82 Å². The summed E-state index contributed by atoms with van der Waals surface area (Å²) in [6, 6.07) is 8.53. The van der Waals surface area contributed by atoms with Crippen LogP contribution in [-0.4, -0.2) is 39.9 Å². The lowest BCUT2D eigenvalue weighted by atomic mass is 10.1. The Morgan fingerprint density at radius 2 is 2.11 bits per heavy atom. The van der Waals surface area contributed by atoms with E-state index in [4.69, 9.17) is 15.6 Å². The smallest absolute Gasteiger partial charge is 0.164 e. The van der Waals surface area contributed by atoms with Gasteiger partial charge in [0.2, 0.25) is 0 Å². The van der Waals surface area contributed by atoms with Crippen molar-refractivity contribution in [2.75, 3.05) is 25.9 Å². The van der Waals surface area contributed by atoms with Gasteiger partial charge in [-0.05, 0) is 43.5 Å². The summed E-state index contributed by atoms with van der Waals surface area (Å²) in [5.74, 6) is 1.34. The van der Waals surface area contributed by atoms with Gasteiger partial charge in [-0.1, -0.05) is 12.1 Å². The molecule has 0 radical (unpaired) electrons. The fourth-order valence-electron chi connectivity index (χ4n) is 3.79. The first-order valence-corrected chi connectivity index (χ1v) is 9.84. The Morgan fingerprint density at radius 1 is 1.26 bits per heavy atom. The van der Waals surface area contributed by atoms with E-state index in [0.29, 0.717) is 11.9 Å². The molecule has 1 aliphatic heterocycles. The highest BCUT2D eigenvalue weighted by Gasteiger charge is 2.24. The minimum Gasteiger partial charge on any atom is -0.495 e. The number of thiophene rings is 1. The monoisotopic (exact) mass is 380 g/mol. The number of piperidine rings is 1. The number of rotatable bonds is 3. The molecule has 0 spiro atoms. The summed E-state index contributed by atoms with van der Waals surface area (Å²) in [4.78, 5) is 9.79. The molecule has 4 aromatic rings. The average Bonchev–Trinajstić information content (AvgIpc) is 3.30. The second-order valence-corrected chi connectivity index (χ2v) is 7.77. The van der Waals surface area contributed by atoms with E-state index in [1.54, 1.807) is 18.4 Å². The number of fused-ring (bicyclic) bond motifs is 2. The van der Waals surface area contributed by atoms with Gasteiger partial charge in [-0.2, -0.15) is 5.10 Å². The van der Waals surface area contributed by atoms with Gasteiger partial charge in [-0.25, -0.2) is 14.6 Å². The van der Waals surface area contributed by atoms with Crippen LogP contribution in [0.2, 0.25) is 0 Å². The number of ether oxygens (including phenoxy) is 1. The number of nitrogen functional groups attached to an aromatic ring is 1. The summed E-state index contributed by atoms with van der Waals surface area (Å²) in [7, 11) is 1.70. The van der Waals surface area contributed by atoms with Crippen molar-refractivity contribution in [3.05, 3.63) is 30.6 Å². The van der Waals surface area contributed by atoms with E-state index in [-0.39, 0.29) is 0 Å². The van der Waals surface area contributed by atoms with E-state index in [9.17, 15) is 0 Å². The lowest BCUT2D eigenvalue weighted by Crippen LogP contribution is -2.30. The first-order chi connectivity index (χ1) is 13.3. The Bertz CT molecular complexity index is 1130. The number of hydrogen-bond acceptors (Lipinski definition) is 7. The zero-order chi connectivity index (χ0) is 18.4. The van der Waals surface area contributed by atoms with Crippen molar-refractivity contribution in [3.63, 3.8) is 0 Å². The third kappa shape index (κ3) is 2.64. The minimum atomic E-state index is 0.320. The Morgan fingerprint density at radius 3 is 2.93 bits per heavy atom. The normalized spacial score (nSPS) is 15.6. The minimum absolute atomic E-state index is 0.320. The predicted octanol–water partition coefficient (Wildman–Crippen LogP) is 3.22. The summed E-state index contributed by atoms with van der Waals surface area (Å²) < 4.78 is 8.67. The number of anilines is 1. The molecule has 0 unspecified atom stereocenters. The van der Waals surface area contributed by atoms with Gasteiger partial charge in [0.1, 0.15) is 23.6 Å².